The molecule has 1 aliphatic heterocycles. The SMILES string of the molecule is O=C(C[C@@H]1C(=O)NCCN1Cc1cccs1)NCCCc1ccccc1. The second-order valence-electron chi connectivity index (χ2n) is 6.50. The highest BCUT2D eigenvalue weighted by Crippen LogP contribution is 2.17. The molecule has 6 heteroatoms. The van der Waals surface area contributed by atoms with Gasteiger partial charge in [-0.05, 0) is 29.9 Å². The molecular formula is C20H25N3O2S. The van der Waals surface area contributed by atoms with Crippen molar-refractivity contribution >= 4 is 23.2 Å². The van der Waals surface area contributed by atoms with Crippen molar-refractivity contribution in [1.82, 2.24) is 15.5 Å². The second-order valence-corrected chi connectivity index (χ2v) is 7.53. The molecule has 0 radical (unpaired) electrons. The van der Waals surface area contributed by atoms with Crippen LogP contribution in [0.4, 0.5) is 0 Å². The van der Waals surface area contributed by atoms with Gasteiger partial charge in [0.05, 0.1) is 12.5 Å². The van der Waals surface area contributed by atoms with E-state index in [1.807, 2.05) is 29.6 Å². The van der Waals surface area contributed by atoms with Gasteiger partial charge in [0.25, 0.3) is 0 Å². The van der Waals surface area contributed by atoms with Crippen LogP contribution in [0.15, 0.2) is 47.8 Å². The van der Waals surface area contributed by atoms with Crippen LogP contribution in [0.1, 0.15) is 23.3 Å². The van der Waals surface area contributed by atoms with Gasteiger partial charge in [-0.15, -0.1) is 11.3 Å². The third-order valence-corrected chi connectivity index (χ3v) is 5.43. The lowest BCUT2D eigenvalue weighted by atomic mass is 10.1. The van der Waals surface area contributed by atoms with E-state index in [2.05, 4.69) is 33.7 Å². The molecule has 0 bridgehead atoms. The molecule has 2 amide bonds. The van der Waals surface area contributed by atoms with E-state index in [0.29, 0.717) is 13.1 Å². The second kappa shape index (κ2) is 9.50. The quantitative estimate of drug-likeness (QED) is 0.699. The molecule has 5 nitrogen and oxygen atoms in total. The Labute approximate surface area is 158 Å². The zero-order valence-electron chi connectivity index (χ0n) is 14.8. The molecule has 1 aromatic carbocycles. The van der Waals surface area contributed by atoms with Crippen molar-refractivity contribution in [3.05, 3.63) is 58.3 Å². The molecular weight excluding hydrogens is 346 g/mol. The summed E-state index contributed by atoms with van der Waals surface area (Å²) >= 11 is 1.68. The summed E-state index contributed by atoms with van der Waals surface area (Å²) in [6.45, 7) is 2.76. The van der Waals surface area contributed by atoms with E-state index in [9.17, 15) is 9.59 Å². The lowest BCUT2D eigenvalue weighted by Gasteiger charge is -2.34. The molecule has 26 heavy (non-hydrogen) atoms. The van der Waals surface area contributed by atoms with Crippen LogP contribution in [0.2, 0.25) is 0 Å². The fourth-order valence-corrected chi connectivity index (χ4v) is 3.92. The van der Waals surface area contributed by atoms with Crippen LogP contribution in [-0.2, 0) is 22.6 Å². The molecule has 0 aliphatic carbocycles. The van der Waals surface area contributed by atoms with Crippen LogP contribution in [0.25, 0.3) is 0 Å². The predicted molar refractivity (Wildman–Crippen MR) is 104 cm³/mol. The van der Waals surface area contributed by atoms with Gasteiger partial charge in [-0.1, -0.05) is 36.4 Å². The molecule has 2 aromatic rings. The maximum Gasteiger partial charge on any atom is 0.237 e. The highest BCUT2D eigenvalue weighted by atomic mass is 32.1. The van der Waals surface area contributed by atoms with Gasteiger partial charge in [-0.3, -0.25) is 14.5 Å². The Morgan fingerprint density at radius 3 is 2.85 bits per heavy atom. The molecule has 1 saturated heterocycles. The number of rotatable bonds is 8. The summed E-state index contributed by atoms with van der Waals surface area (Å²) in [5.41, 5.74) is 1.27. The van der Waals surface area contributed by atoms with E-state index in [0.717, 1.165) is 25.9 Å². The van der Waals surface area contributed by atoms with E-state index in [4.69, 9.17) is 0 Å². The van der Waals surface area contributed by atoms with Gasteiger partial charge >= 0.3 is 0 Å². The summed E-state index contributed by atoms with van der Waals surface area (Å²) in [6, 6.07) is 13.9. The zero-order valence-corrected chi connectivity index (χ0v) is 15.6. The molecule has 3 rings (SSSR count). The number of hydrogen-bond acceptors (Lipinski definition) is 4. The Morgan fingerprint density at radius 2 is 2.08 bits per heavy atom. The van der Waals surface area contributed by atoms with Crippen molar-refractivity contribution < 1.29 is 9.59 Å². The number of nitrogens with zero attached hydrogens (tertiary/aromatic N) is 1. The van der Waals surface area contributed by atoms with Gasteiger partial charge in [0.15, 0.2) is 0 Å². The minimum Gasteiger partial charge on any atom is -0.356 e. The first kappa shape index (κ1) is 18.6. The van der Waals surface area contributed by atoms with Gasteiger partial charge in [-0.2, -0.15) is 0 Å². The number of aryl methyl sites for hydroxylation is 1. The Morgan fingerprint density at radius 1 is 1.23 bits per heavy atom. The maximum atomic E-state index is 12.3. The average molecular weight is 372 g/mol. The topological polar surface area (TPSA) is 61.4 Å². The smallest absolute Gasteiger partial charge is 0.237 e. The van der Waals surface area contributed by atoms with Crippen molar-refractivity contribution in [2.45, 2.75) is 31.8 Å². The largest absolute Gasteiger partial charge is 0.356 e. The Balaban J connectivity index is 1.45. The third kappa shape index (κ3) is 5.41. The predicted octanol–water partition coefficient (Wildman–Crippen LogP) is 2.19. The van der Waals surface area contributed by atoms with Crippen molar-refractivity contribution in [3.63, 3.8) is 0 Å². The van der Waals surface area contributed by atoms with Gasteiger partial charge < -0.3 is 10.6 Å². The van der Waals surface area contributed by atoms with E-state index >= 15 is 0 Å². The number of piperazine rings is 1. The maximum absolute atomic E-state index is 12.3. The summed E-state index contributed by atoms with van der Waals surface area (Å²) in [5.74, 6) is -0.108. The minimum atomic E-state index is -0.389. The molecule has 1 atom stereocenters. The molecule has 2 N–H and O–H groups in total. The highest BCUT2D eigenvalue weighted by Gasteiger charge is 2.31. The summed E-state index contributed by atoms with van der Waals surface area (Å²) in [4.78, 5) is 27.9. The normalized spacial score (nSPS) is 17.7. The summed E-state index contributed by atoms with van der Waals surface area (Å²) in [6.07, 6.45) is 2.05. The first-order valence-electron chi connectivity index (χ1n) is 9.07. The Kier molecular flexibility index (Phi) is 6.80. The number of nitrogens with one attached hydrogen (secondary N) is 2. The number of benzene rings is 1. The zero-order chi connectivity index (χ0) is 18.2. The van der Waals surface area contributed by atoms with Crippen molar-refractivity contribution in [3.8, 4) is 0 Å². The molecule has 0 saturated carbocycles. The molecule has 0 unspecified atom stereocenters. The van der Waals surface area contributed by atoms with Gasteiger partial charge in [0.1, 0.15) is 0 Å². The first-order chi connectivity index (χ1) is 12.7. The van der Waals surface area contributed by atoms with E-state index in [-0.39, 0.29) is 24.3 Å². The van der Waals surface area contributed by atoms with Crippen LogP contribution < -0.4 is 10.6 Å². The van der Waals surface area contributed by atoms with Gasteiger partial charge in [-0.25, -0.2) is 0 Å². The lowest BCUT2D eigenvalue weighted by molar-refractivity contribution is -0.134. The fraction of sp³-hybridized carbons (Fsp3) is 0.400. The van der Waals surface area contributed by atoms with Gasteiger partial charge in [0, 0.05) is 31.1 Å². The van der Waals surface area contributed by atoms with Crippen LogP contribution in [0.5, 0.6) is 0 Å². The number of thiophene rings is 1. The molecule has 1 fully saturated rings. The summed E-state index contributed by atoms with van der Waals surface area (Å²) < 4.78 is 0. The standard InChI is InChI=1S/C20H25N3O2S/c24-19(21-10-4-8-16-6-2-1-3-7-16)14-18-20(25)22-11-12-23(18)15-17-9-5-13-26-17/h1-3,5-7,9,13,18H,4,8,10-12,14-15H2,(H,21,24)(H,22,25)/t18-/m1/s1. The highest BCUT2D eigenvalue weighted by molar-refractivity contribution is 7.09. The number of hydrogen-bond donors (Lipinski definition) is 2. The van der Waals surface area contributed by atoms with E-state index < -0.39 is 0 Å². The van der Waals surface area contributed by atoms with Crippen molar-refractivity contribution in [1.29, 1.82) is 0 Å². The van der Waals surface area contributed by atoms with Gasteiger partial charge in [0.2, 0.25) is 11.8 Å². The van der Waals surface area contributed by atoms with E-state index in [1.165, 1.54) is 10.4 Å². The van der Waals surface area contributed by atoms with Crippen LogP contribution >= 0.6 is 11.3 Å². The fourth-order valence-electron chi connectivity index (χ4n) is 3.19. The van der Waals surface area contributed by atoms with Crippen LogP contribution in [-0.4, -0.2) is 42.4 Å². The number of carbonyl (C=O) groups excluding carboxylic acids is 2. The average Bonchev–Trinajstić information content (AvgIpc) is 3.16. The monoisotopic (exact) mass is 371 g/mol. The molecule has 0 spiro atoms. The summed E-state index contributed by atoms with van der Waals surface area (Å²) in [7, 11) is 0. The lowest BCUT2D eigenvalue weighted by Crippen LogP contribution is -2.56. The summed E-state index contributed by atoms with van der Waals surface area (Å²) in [5, 5.41) is 7.87. The number of carbonyl (C=O) groups is 2. The Hall–Kier alpha value is -2.18. The first-order valence-corrected chi connectivity index (χ1v) is 9.95. The van der Waals surface area contributed by atoms with Crippen molar-refractivity contribution in [2.24, 2.45) is 0 Å². The Bertz CT molecular complexity index is 703. The van der Waals surface area contributed by atoms with Crippen molar-refractivity contribution in [2.75, 3.05) is 19.6 Å². The van der Waals surface area contributed by atoms with Crippen LogP contribution in [0, 0.1) is 0 Å². The van der Waals surface area contributed by atoms with E-state index in [1.54, 1.807) is 11.3 Å². The number of amides is 2. The minimum absolute atomic E-state index is 0.0489. The van der Waals surface area contributed by atoms with Crippen LogP contribution in [0.3, 0.4) is 0 Å². The molecule has 138 valence electrons. The molecule has 1 aromatic heterocycles. The molecule has 1 aliphatic rings. The molecule has 2 heterocycles. The third-order valence-electron chi connectivity index (χ3n) is 4.57.